The molecule has 1 atom stereocenters. The molecule has 0 aliphatic carbocycles. The van der Waals surface area contributed by atoms with Gasteiger partial charge in [-0.15, -0.1) is 11.3 Å². The maximum absolute atomic E-state index is 14.8. The number of aromatic nitrogens is 1. The number of methoxy groups -OCH3 is 1. The van der Waals surface area contributed by atoms with Gasteiger partial charge in [0.2, 0.25) is 5.91 Å². The van der Waals surface area contributed by atoms with Gasteiger partial charge in [-0.3, -0.25) is 14.5 Å². The lowest BCUT2D eigenvalue weighted by Gasteiger charge is -2.36. The van der Waals surface area contributed by atoms with Crippen LogP contribution in [0.5, 0.6) is 5.75 Å². The van der Waals surface area contributed by atoms with E-state index in [1.54, 1.807) is 24.3 Å². The van der Waals surface area contributed by atoms with E-state index >= 15 is 0 Å². The summed E-state index contributed by atoms with van der Waals surface area (Å²) in [5.41, 5.74) is -0.396. The molecule has 230 valence electrons. The van der Waals surface area contributed by atoms with E-state index in [9.17, 15) is 36.6 Å². The molecule has 6 rings (SSSR count). The number of nitrogens with zero attached hydrogens (tertiary/aromatic N) is 2. The molecule has 5 aromatic rings. The van der Waals surface area contributed by atoms with Crippen LogP contribution in [0, 0.1) is 11.6 Å². The first-order chi connectivity index (χ1) is 21.2. The van der Waals surface area contributed by atoms with Crippen LogP contribution in [0.2, 0.25) is 5.02 Å². The molecule has 1 aliphatic rings. The van der Waals surface area contributed by atoms with Crippen molar-refractivity contribution < 1.29 is 41.4 Å². The Morgan fingerprint density at radius 1 is 1.07 bits per heavy atom. The van der Waals surface area contributed by atoms with E-state index in [4.69, 9.17) is 22.1 Å². The molecule has 2 amide bonds. The summed E-state index contributed by atoms with van der Waals surface area (Å²) in [6.45, 7) is -0.343. The van der Waals surface area contributed by atoms with Gasteiger partial charge in [-0.1, -0.05) is 23.7 Å². The first-order valence-corrected chi connectivity index (χ1v) is 14.3. The monoisotopic (exact) mass is 659 g/mol. The van der Waals surface area contributed by atoms with Crippen LogP contribution in [0.1, 0.15) is 43.0 Å². The maximum atomic E-state index is 14.8. The number of hydrogen-bond donors (Lipinski definition) is 2. The van der Waals surface area contributed by atoms with Crippen LogP contribution in [-0.2, 0) is 18.4 Å². The number of primary amides is 1. The Morgan fingerprint density at radius 3 is 2.42 bits per heavy atom. The lowest BCUT2D eigenvalue weighted by Crippen LogP contribution is -2.44. The molecule has 1 aliphatic heterocycles. The van der Waals surface area contributed by atoms with Gasteiger partial charge in [0.15, 0.2) is 5.72 Å². The summed E-state index contributed by atoms with van der Waals surface area (Å²) in [6.07, 6.45) is -5.23. The number of halogens is 6. The minimum absolute atomic E-state index is 0.0308. The lowest BCUT2D eigenvalue weighted by atomic mass is 9.83. The zero-order valence-corrected chi connectivity index (χ0v) is 24.5. The van der Waals surface area contributed by atoms with Gasteiger partial charge < -0.3 is 15.6 Å². The molecule has 0 saturated carbocycles. The van der Waals surface area contributed by atoms with Gasteiger partial charge in [-0.05, 0) is 59.7 Å². The molecule has 0 saturated heterocycles. The second-order valence-corrected chi connectivity index (χ2v) is 11.4. The third kappa shape index (κ3) is 4.87. The van der Waals surface area contributed by atoms with E-state index in [1.807, 2.05) is 0 Å². The van der Waals surface area contributed by atoms with Crippen LogP contribution in [-0.4, -0.2) is 33.9 Å². The summed E-state index contributed by atoms with van der Waals surface area (Å²) in [7, 11) is 1.45. The number of rotatable bonds is 6. The van der Waals surface area contributed by atoms with Crippen LogP contribution in [0.15, 0.2) is 66.2 Å². The molecular formula is C31H19ClF5N3O4S. The Bertz CT molecular complexity index is 2030. The first kappa shape index (κ1) is 30.4. The van der Waals surface area contributed by atoms with Gasteiger partial charge in [-0.25, -0.2) is 13.8 Å². The average molecular weight is 660 g/mol. The molecular weight excluding hydrogens is 641 g/mol. The van der Waals surface area contributed by atoms with Gasteiger partial charge >= 0.3 is 6.18 Å². The maximum Gasteiger partial charge on any atom is 0.417 e. The molecule has 2 heterocycles. The number of amides is 2. The highest BCUT2D eigenvalue weighted by Gasteiger charge is 2.54. The lowest BCUT2D eigenvalue weighted by molar-refractivity contribution is -0.137. The van der Waals surface area contributed by atoms with E-state index in [0.717, 1.165) is 34.4 Å². The topological polar surface area (TPSA) is 106 Å². The Balaban J connectivity index is 1.76. The summed E-state index contributed by atoms with van der Waals surface area (Å²) >= 11 is 7.46. The molecule has 0 spiro atoms. The van der Waals surface area contributed by atoms with Crippen molar-refractivity contribution in [1.29, 1.82) is 0 Å². The molecule has 14 heteroatoms. The highest BCUT2D eigenvalue weighted by molar-refractivity contribution is 7.16. The van der Waals surface area contributed by atoms with Crippen molar-refractivity contribution in [3.8, 4) is 16.9 Å². The van der Waals surface area contributed by atoms with Gasteiger partial charge in [0, 0.05) is 28.3 Å². The molecule has 1 aromatic heterocycles. The van der Waals surface area contributed by atoms with Gasteiger partial charge in [0.25, 0.3) is 5.91 Å². The predicted octanol–water partition coefficient (Wildman–Crippen LogP) is 6.87. The second-order valence-electron chi connectivity index (χ2n) is 10.1. The number of nitrogens with two attached hydrogens (primary N) is 1. The fourth-order valence-electron chi connectivity index (χ4n) is 5.65. The van der Waals surface area contributed by atoms with Crippen molar-refractivity contribution >= 4 is 45.0 Å². The van der Waals surface area contributed by atoms with E-state index in [1.165, 1.54) is 18.7 Å². The van der Waals surface area contributed by atoms with Gasteiger partial charge in [-0.2, -0.15) is 13.2 Å². The minimum Gasteiger partial charge on any atom is -0.497 e. The standard InChI is InChI=1S/C31H19ClF5N3O4S/c1-44-17-5-2-14(3-6-17)12-40-29(42)25-26(30(40,43)20-9-15(33)4-7-22(20)32)18(11-23-27(25)39-13-45-23)24-19(28(38)41)8-16(34)10-21(24)31(35,36)37/h2-11,13,43H,12H2,1H3,(H2,38,41). The molecule has 4 aromatic carbocycles. The number of thiazole rings is 1. The molecule has 45 heavy (non-hydrogen) atoms. The summed E-state index contributed by atoms with van der Waals surface area (Å²) in [4.78, 5) is 32.1. The zero-order valence-electron chi connectivity index (χ0n) is 22.9. The van der Waals surface area contributed by atoms with Crippen LogP contribution >= 0.6 is 22.9 Å². The Kier molecular flexibility index (Phi) is 7.30. The van der Waals surface area contributed by atoms with E-state index < -0.39 is 63.2 Å². The molecule has 0 bridgehead atoms. The van der Waals surface area contributed by atoms with Crippen molar-refractivity contribution in [2.75, 3.05) is 7.11 Å². The molecule has 1 unspecified atom stereocenters. The number of carbonyl (C=O) groups excluding carboxylic acids is 2. The first-order valence-electron chi connectivity index (χ1n) is 13.0. The number of carbonyl (C=O) groups is 2. The van der Waals surface area contributed by atoms with E-state index in [2.05, 4.69) is 4.98 Å². The SMILES string of the molecule is COc1ccc(CN2C(=O)c3c(c(-c4c(C(N)=O)cc(F)cc4C(F)(F)F)cc4scnc34)C2(O)c2cc(F)ccc2Cl)cc1. The number of hydrogen-bond acceptors (Lipinski definition) is 6. The zero-order chi connectivity index (χ0) is 32.4. The van der Waals surface area contributed by atoms with E-state index in [-0.39, 0.29) is 39.0 Å². The third-order valence-corrected chi connectivity index (χ3v) is 8.68. The van der Waals surface area contributed by atoms with Crippen molar-refractivity contribution in [3.05, 3.63) is 116 Å². The third-order valence-electron chi connectivity index (χ3n) is 7.57. The smallest absolute Gasteiger partial charge is 0.417 e. The van der Waals surface area contributed by atoms with Crippen LogP contribution < -0.4 is 10.5 Å². The molecule has 3 N–H and O–H groups in total. The average Bonchev–Trinajstić information content (AvgIpc) is 3.55. The fraction of sp³-hybridized carbons (Fsp3) is 0.129. The van der Waals surface area contributed by atoms with Crippen molar-refractivity contribution in [3.63, 3.8) is 0 Å². The Hall–Kier alpha value is -4.59. The summed E-state index contributed by atoms with van der Waals surface area (Å²) in [5, 5.41) is 12.5. The van der Waals surface area contributed by atoms with E-state index in [0.29, 0.717) is 17.4 Å². The van der Waals surface area contributed by atoms with Gasteiger partial charge in [0.1, 0.15) is 17.4 Å². The van der Waals surface area contributed by atoms with Crippen LogP contribution in [0.25, 0.3) is 21.3 Å². The highest BCUT2D eigenvalue weighted by Crippen LogP contribution is 2.53. The summed E-state index contributed by atoms with van der Waals surface area (Å²) < 4.78 is 78.4. The number of ether oxygens (including phenoxy) is 1. The number of benzene rings is 4. The summed E-state index contributed by atoms with van der Waals surface area (Å²) in [6, 6.07) is 11.3. The predicted molar refractivity (Wildman–Crippen MR) is 156 cm³/mol. The second kappa shape index (κ2) is 10.8. The largest absolute Gasteiger partial charge is 0.497 e. The number of aliphatic hydroxyl groups is 1. The Morgan fingerprint density at radius 2 is 1.78 bits per heavy atom. The highest BCUT2D eigenvalue weighted by atomic mass is 35.5. The fourth-order valence-corrected chi connectivity index (χ4v) is 6.62. The van der Waals surface area contributed by atoms with Gasteiger partial charge in [0.05, 0.1) is 39.5 Å². The van der Waals surface area contributed by atoms with Crippen LogP contribution in [0.4, 0.5) is 22.0 Å². The minimum atomic E-state index is -5.23. The molecule has 0 radical (unpaired) electrons. The Labute approximate surface area is 260 Å². The molecule has 0 fully saturated rings. The summed E-state index contributed by atoms with van der Waals surface area (Å²) in [5.74, 6) is -4.06. The quantitative estimate of drug-likeness (QED) is 0.194. The van der Waals surface area contributed by atoms with Crippen molar-refractivity contribution in [2.45, 2.75) is 18.4 Å². The van der Waals surface area contributed by atoms with Crippen molar-refractivity contribution in [1.82, 2.24) is 9.88 Å². The molecule has 7 nitrogen and oxygen atoms in total. The van der Waals surface area contributed by atoms with Crippen LogP contribution in [0.3, 0.4) is 0 Å². The normalized spacial score (nSPS) is 16.4. The number of fused-ring (bicyclic) bond motifs is 3. The van der Waals surface area contributed by atoms with Crippen molar-refractivity contribution in [2.24, 2.45) is 5.73 Å². The number of alkyl halides is 3.